The van der Waals surface area contributed by atoms with Crippen LogP contribution in [0.2, 0.25) is 0 Å². The van der Waals surface area contributed by atoms with Crippen molar-refractivity contribution in [1.29, 1.82) is 0 Å². The number of carbonyl (C=O) groups excluding carboxylic acids is 1. The lowest BCUT2D eigenvalue weighted by atomic mass is 9.84. The Morgan fingerprint density at radius 1 is 1.12 bits per heavy atom. The fourth-order valence-corrected chi connectivity index (χ4v) is 4.67. The van der Waals surface area contributed by atoms with Crippen LogP contribution in [-0.2, 0) is 16.0 Å². The minimum atomic E-state index is 0.0932. The number of nitrogens with zero attached hydrogens (tertiary/aromatic N) is 3. The highest BCUT2D eigenvalue weighted by molar-refractivity contribution is 5.79. The van der Waals surface area contributed by atoms with Gasteiger partial charge in [-0.15, -0.1) is 0 Å². The second kappa shape index (κ2) is 12.1. The predicted octanol–water partition coefficient (Wildman–Crippen LogP) is 3.48. The fourth-order valence-electron chi connectivity index (χ4n) is 4.67. The van der Waals surface area contributed by atoms with Gasteiger partial charge in [-0.2, -0.15) is 0 Å². The number of hydrogen-bond acceptors (Lipinski definition) is 6. The van der Waals surface area contributed by atoms with Crippen molar-refractivity contribution in [3.63, 3.8) is 0 Å². The molecule has 1 N–H and O–H groups in total. The number of rotatable bonds is 9. The molecule has 0 radical (unpaired) electrons. The topological polar surface area (TPSA) is 76.6 Å². The zero-order valence-corrected chi connectivity index (χ0v) is 19.7. The lowest BCUT2D eigenvalue weighted by Gasteiger charge is -2.28. The molecule has 0 bridgehead atoms. The van der Waals surface area contributed by atoms with Gasteiger partial charge in [0, 0.05) is 31.2 Å². The summed E-state index contributed by atoms with van der Waals surface area (Å²) in [7, 11) is 0. The molecule has 1 saturated carbocycles. The van der Waals surface area contributed by atoms with Crippen molar-refractivity contribution in [2.75, 3.05) is 39.5 Å². The summed E-state index contributed by atoms with van der Waals surface area (Å²) in [5, 5.41) is 3.20. The third-order valence-corrected chi connectivity index (χ3v) is 6.73. The van der Waals surface area contributed by atoms with Gasteiger partial charge in [-0.05, 0) is 31.2 Å². The molecule has 1 aromatic carbocycles. The van der Waals surface area contributed by atoms with Gasteiger partial charge in [0.25, 0.3) is 0 Å². The highest BCUT2D eigenvalue weighted by Gasteiger charge is 2.21. The van der Waals surface area contributed by atoms with E-state index < -0.39 is 0 Å². The van der Waals surface area contributed by atoms with Gasteiger partial charge in [0.1, 0.15) is 6.61 Å². The van der Waals surface area contributed by atoms with Crippen LogP contribution < -0.4 is 10.1 Å². The lowest BCUT2D eigenvalue weighted by molar-refractivity contribution is -0.121. The predicted molar refractivity (Wildman–Crippen MR) is 128 cm³/mol. The van der Waals surface area contributed by atoms with Crippen molar-refractivity contribution in [3.8, 4) is 17.1 Å². The Hall–Kier alpha value is -2.51. The van der Waals surface area contributed by atoms with Crippen LogP contribution in [-0.4, -0.2) is 66.3 Å². The smallest absolute Gasteiger partial charge is 0.224 e. The molecule has 1 aliphatic heterocycles. The molecule has 7 nitrogen and oxygen atoms in total. The first-order valence-electron chi connectivity index (χ1n) is 12.3. The van der Waals surface area contributed by atoms with Crippen molar-refractivity contribution in [2.45, 2.75) is 51.5 Å². The molecule has 2 aliphatic rings. The Balaban J connectivity index is 1.23. The van der Waals surface area contributed by atoms with Crippen LogP contribution in [0.15, 0.2) is 36.7 Å². The molecule has 178 valence electrons. The minimum absolute atomic E-state index is 0.0932. The molecule has 1 amide bonds. The van der Waals surface area contributed by atoms with E-state index >= 15 is 0 Å². The number of aromatic nitrogens is 2. The summed E-state index contributed by atoms with van der Waals surface area (Å²) in [6.07, 6.45) is 10.2. The number of morpholine rings is 1. The molecule has 33 heavy (non-hydrogen) atoms. The number of ether oxygens (including phenoxy) is 2. The quantitative estimate of drug-likeness (QED) is 0.628. The van der Waals surface area contributed by atoms with E-state index in [-0.39, 0.29) is 11.9 Å². The maximum Gasteiger partial charge on any atom is 0.224 e. The van der Waals surface area contributed by atoms with Crippen molar-refractivity contribution in [3.05, 3.63) is 42.2 Å². The third kappa shape index (κ3) is 7.24. The Kier molecular flexibility index (Phi) is 8.66. The molecule has 1 aliphatic carbocycles. The van der Waals surface area contributed by atoms with Crippen LogP contribution in [0.1, 0.15) is 44.6 Å². The Labute approximate surface area is 196 Å². The molecular weight excluding hydrogens is 416 g/mol. The average molecular weight is 453 g/mol. The SMILES string of the molecule is C[C@@H](NC(=O)Cc1ccc(-c2ncc(OCCN3CCOCC3)cn2)cc1)C1CCCCC1. The van der Waals surface area contributed by atoms with Gasteiger partial charge < -0.3 is 14.8 Å². The van der Waals surface area contributed by atoms with Gasteiger partial charge in [-0.3, -0.25) is 9.69 Å². The third-order valence-electron chi connectivity index (χ3n) is 6.73. The van der Waals surface area contributed by atoms with Crippen molar-refractivity contribution >= 4 is 5.91 Å². The molecule has 1 saturated heterocycles. The van der Waals surface area contributed by atoms with Gasteiger partial charge in [0.15, 0.2) is 11.6 Å². The molecule has 2 aromatic rings. The maximum atomic E-state index is 12.5. The maximum absolute atomic E-state index is 12.5. The average Bonchev–Trinajstić information content (AvgIpc) is 2.86. The lowest BCUT2D eigenvalue weighted by Crippen LogP contribution is -2.39. The monoisotopic (exact) mass is 452 g/mol. The standard InChI is InChI=1S/C26H36N4O3/c1-20(22-5-3-2-4-6-22)29-25(31)17-21-7-9-23(10-8-21)26-27-18-24(19-28-26)33-16-13-30-11-14-32-15-12-30/h7-10,18-20,22H,2-6,11-17H2,1H3,(H,29,31)/t20-/m1/s1. The zero-order chi connectivity index (χ0) is 22.9. The Morgan fingerprint density at radius 3 is 2.52 bits per heavy atom. The van der Waals surface area contributed by atoms with Crippen LogP contribution in [0.5, 0.6) is 5.75 Å². The molecule has 2 fully saturated rings. The highest BCUT2D eigenvalue weighted by atomic mass is 16.5. The van der Waals surface area contributed by atoms with Crippen molar-refractivity contribution in [2.24, 2.45) is 5.92 Å². The molecule has 0 spiro atoms. The normalized spacial score (nSPS) is 18.6. The van der Waals surface area contributed by atoms with E-state index in [0.29, 0.717) is 30.5 Å². The van der Waals surface area contributed by atoms with E-state index in [4.69, 9.17) is 9.47 Å². The first kappa shape index (κ1) is 23.6. The summed E-state index contributed by atoms with van der Waals surface area (Å²) in [6.45, 7) is 7.12. The van der Waals surface area contributed by atoms with Crippen molar-refractivity contribution in [1.82, 2.24) is 20.2 Å². The Morgan fingerprint density at radius 2 is 1.82 bits per heavy atom. The van der Waals surface area contributed by atoms with Gasteiger partial charge in [0.05, 0.1) is 32.0 Å². The van der Waals surface area contributed by atoms with Crippen molar-refractivity contribution < 1.29 is 14.3 Å². The summed E-state index contributed by atoms with van der Waals surface area (Å²) >= 11 is 0. The second-order valence-corrected chi connectivity index (χ2v) is 9.17. The first-order chi connectivity index (χ1) is 16.2. The second-order valence-electron chi connectivity index (χ2n) is 9.17. The van der Waals surface area contributed by atoms with E-state index in [0.717, 1.165) is 44.0 Å². The number of carbonyl (C=O) groups is 1. The summed E-state index contributed by atoms with van der Waals surface area (Å²) < 4.78 is 11.1. The number of amides is 1. The molecule has 0 unspecified atom stereocenters. The molecule has 7 heteroatoms. The van der Waals surface area contributed by atoms with Gasteiger partial charge in [0.2, 0.25) is 5.91 Å². The summed E-state index contributed by atoms with van der Waals surface area (Å²) in [5.41, 5.74) is 1.92. The number of benzene rings is 1. The molecule has 2 heterocycles. The van der Waals surface area contributed by atoms with E-state index in [2.05, 4.69) is 27.1 Å². The largest absolute Gasteiger partial charge is 0.489 e. The van der Waals surface area contributed by atoms with Crippen LogP contribution >= 0.6 is 0 Å². The van der Waals surface area contributed by atoms with Crippen LogP contribution in [0.25, 0.3) is 11.4 Å². The van der Waals surface area contributed by atoms with E-state index in [9.17, 15) is 4.79 Å². The molecular formula is C26H36N4O3. The van der Waals surface area contributed by atoms with Gasteiger partial charge in [-0.1, -0.05) is 43.5 Å². The van der Waals surface area contributed by atoms with Gasteiger partial charge in [-0.25, -0.2) is 9.97 Å². The van der Waals surface area contributed by atoms with Crippen LogP contribution in [0.3, 0.4) is 0 Å². The van der Waals surface area contributed by atoms with E-state index in [1.165, 1.54) is 32.1 Å². The molecule has 1 atom stereocenters. The van der Waals surface area contributed by atoms with Crippen LogP contribution in [0, 0.1) is 5.92 Å². The number of nitrogens with one attached hydrogen (secondary N) is 1. The number of hydrogen-bond donors (Lipinski definition) is 1. The molecule has 1 aromatic heterocycles. The summed E-state index contributed by atoms with van der Waals surface area (Å²) in [5.74, 6) is 2.04. The van der Waals surface area contributed by atoms with Gasteiger partial charge >= 0.3 is 0 Å². The van der Waals surface area contributed by atoms with E-state index in [1.54, 1.807) is 12.4 Å². The molecule has 4 rings (SSSR count). The van der Waals surface area contributed by atoms with Crippen LogP contribution in [0.4, 0.5) is 0 Å². The first-order valence-corrected chi connectivity index (χ1v) is 12.3. The zero-order valence-electron chi connectivity index (χ0n) is 19.7. The summed E-state index contributed by atoms with van der Waals surface area (Å²) in [4.78, 5) is 23.7. The van der Waals surface area contributed by atoms with E-state index in [1.807, 2.05) is 24.3 Å². The summed E-state index contributed by atoms with van der Waals surface area (Å²) in [6, 6.07) is 8.16. The fraction of sp³-hybridized carbons (Fsp3) is 0.577. The highest BCUT2D eigenvalue weighted by Crippen LogP contribution is 2.26. The Bertz CT molecular complexity index is 860. The minimum Gasteiger partial charge on any atom is -0.489 e.